The van der Waals surface area contributed by atoms with Crippen LogP contribution in [0.2, 0.25) is 0 Å². The van der Waals surface area contributed by atoms with Gasteiger partial charge >= 0.3 is 0 Å². The summed E-state index contributed by atoms with van der Waals surface area (Å²) in [6.45, 7) is 3.33. The molecule has 0 unspecified atom stereocenters. The van der Waals surface area contributed by atoms with Gasteiger partial charge in [-0.15, -0.1) is 0 Å². The smallest absolute Gasteiger partial charge is 0.129 e. The van der Waals surface area contributed by atoms with Crippen LogP contribution < -0.4 is 0 Å². The van der Waals surface area contributed by atoms with Gasteiger partial charge in [0, 0.05) is 10.9 Å². The molecule has 0 saturated heterocycles. The lowest BCUT2D eigenvalue weighted by Gasteiger charge is -2.20. The summed E-state index contributed by atoms with van der Waals surface area (Å²) in [4.78, 5) is 0. The third-order valence-electron chi connectivity index (χ3n) is 2.56. The fourth-order valence-electron chi connectivity index (χ4n) is 1.75. The second-order valence-corrected chi connectivity index (χ2v) is 4.24. The van der Waals surface area contributed by atoms with E-state index in [1.807, 2.05) is 30.3 Å². The lowest BCUT2D eigenvalue weighted by molar-refractivity contribution is 0.0761. The first kappa shape index (κ1) is 9.99. The minimum absolute atomic E-state index is 0.167. The lowest BCUT2D eigenvalue weighted by atomic mass is 9.94. The minimum Gasteiger partial charge on any atom is -0.507 e. The first-order valence-corrected chi connectivity index (χ1v) is 4.94. The molecular formula is C13H14O2. The topological polar surface area (TPSA) is 40.5 Å². The largest absolute Gasteiger partial charge is 0.507 e. The van der Waals surface area contributed by atoms with E-state index in [0.717, 1.165) is 10.8 Å². The molecule has 0 amide bonds. The average molecular weight is 202 g/mol. The Balaban J connectivity index is 2.76. The van der Waals surface area contributed by atoms with Crippen molar-refractivity contribution in [2.24, 2.45) is 0 Å². The molecule has 0 fully saturated rings. The zero-order chi connectivity index (χ0) is 11.1. The second-order valence-electron chi connectivity index (χ2n) is 4.24. The zero-order valence-corrected chi connectivity index (χ0v) is 8.86. The van der Waals surface area contributed by atoms with Crippen LogP contribution in [0.25, 0.3) is 10.8 Å². The van der Waals surface area contributed by atoms with Gasteiger partial charge in [0.25, 0.3) is 0 Å². The van der Waals surface area contributed by atoms with Crippen molar-refractivity contribution in [1.82, 2.24) is 0 Å². The number of hydrogen-bond acceptors (Lipinski definition) is 2. The van der Waals surface area contributed by atoms with E-state index in [1.54, 1.807) is 19.9 Å². The van der Waals surface area contributed by atoms with Gasteiger partial charge in [-0.1, -0.05) is 36.4 Å². The molecule has 0 aliphatic rings. The molecule has 78 valence electrons. The Hall–Kier alpha value is -1.54. The van der Waals surface area contributed by atoms with Crippen LogP contribution in [0.3, 0.4) is 0 Å². The number of aliphatic hydroxyl groups is 1. The summed E-state index contributed by atoms with van der Waals surface area (Å²) in [6, 6.07) is 11.2. The van der Waals surface area contributed by atoms with Gasteiger partial charge in [0.15, 0.2) is 0 Å². The summed E-state index contributed by atoms with van der Waals surface area (Å²) in [7, 11) is 0. The van der Waals surface area contributed by atoms with E-state index in [-0.39, 0.29) is 5.75 Å². The molecule has 0 radical (unpaired) electrons. The van der Waals surface area contributed by atoms with E-state index < -0.39 is 5.60 Å². The fraction of sp³-hybridized carbons (Fsp3) is 0.231. The van der Waals surface area contributed by atoms with Gasteiger partial charge in [0.2, 0.25) is 0 Å². The van der Waals surface area contributed by atoms with E-state index in [9.17, 15) is 10.2 Å². The monoisotopic (exact) mass is 202 g/mol. The molecule has 2 nitrogen and oxygen atoms in total. The van der Waals surface area contributed by atoms with E-state index in [2.05, 4.69) is 0 Å². The number of aromatic hydroxyl groups is 1. The first-order chi connectivity index (χ1) is 7.00. The normalized spacial score (nSPS) is 11.9. The Morgan fingerprint density at radius 3 is 2.33 bits per heavy atom. The standard InChI is InChI=1S/C13H14O2/c1-13(2,15)11-8-7-9-5-3-4-6-10(9)12(11)14/h3-8,14-15H,1-2H3. The van der Waals surface area contributed by atoms with Crippen molar-refractivity contribution in [2.45, 2.75) is 19.4 Å². The zero-order valence-electron chi connectivity index (χ0n) is 8.86. The summed E-state index contributed by atoms with van der Waals surface area (Å²) < 4.78 is 0. The molecule has 15 heavy (non-hydrogen) atoms. The van der Waals surface area contributed by atoms with Crippen LogP contribution in [0.4, 0.5) is 0 Å². The molecule has 2 heteroatoms. The number of phenolic OH excluding ortho intramolecular Hbond substituents is 1. The first-order valence-electron chi connectivity index (χ1n) is 4.94. The van der Waals surface area contributed by atoms with E-state index in [1.165, 1.54) is 0 Å². The maximum Gasteiger partial charge on any atom is 0.129 e. The Morgan fingerprint density at radius 2 is 1.67 bits per heavy atom. The van der Waals surface area contributed by atoms with Crippen molar-refractivity contribution in [2.75, 3.05) is 0 Å². The molecule has 2 aromatic rings. The van der Waals surface area contributed by atoms with Crippen molar-refractivity contribution in [3.05, 3.63) is 42.0 Å². The van der Waals surface area contributed by atoms with Gasteiger partial charge < -0.3 is 10.2 Å². The fourth-order valence-corrected chi connectivity index (χ4v) is 1.75. The maximum absolute atomic E-state index is 10.0. The molecule has 0 aliphatic heterocycles. The van der Waals surface area contributed by atoms with Crippen molar-refractivity contribution < 1.29 is 10.2 Å². The highest BCUT2D eigenvalue weighted by atomic mass is 16.3. The molecule has 0 aliphatic carbocycles. The Morgan fingerprint density at radius 1 is 1.00 bits per heavy atom. The number of benzene rings is 2. The number of fused-ring (bicyclic) bond motifs is 1. The highest BCUT2D eigenvalue weighted by Crippen LogP contribution is 2.34. The Labute approximate surface area is 88.8 Å². The predicted molar refractivity (Wildman–Crippen MR) is 60.9 cm³/mol. The third-order valence-corrected chi connectivity index (χ3v) is 2.56. The van der Waals surface area contributed by atoms with Crippen LogP contribution in [-0.4, -0.2) is 10.2 Å². The molecule has 0 spiro atoms. The molecule has 2 rings (SSSR count). The van der Waals surface area contributed by atoms with Gasteiger partial charge in [-0.25, -0.2) is 0 Å². The quantitative estimate of drug-likeness (QED) is 0.746. The highest BCUT2D eigenvalue weighted by Gasteiger charge is 2.21. The van der Waals surface area contributed by atoms with Gasteiger partial charge in [-0.2, -0.15) is 0 Å². The number of hydrogen-bond donors (Lipinski definition) is 2. The van der Waals surface area contributed by atoms with Crippen molar-refractivity contribution >= 4 is 10.8 Å². The molecule has 0 saturated carbocycles. The average Bonchev–Trinajstić information content (AvgIpc) is 2.16. The molecule has 0 bridgehead atoms. The van der Waals surface area contributed by atoms with Crippen LogP contribution in [-0.2, 0) is 5.60 Å². The molecule has 2 aromatic carbocycles. The molecule has 0 aromatic heterocycles. The molecule has 0 heterocycles. The van der Waals surface area contributed by atoms with Crippen LogP contribution in [0.15, 0.2) is 36.4 Å². The van der Waals surface area contributed by atoms with E-state index in [0.29, 0.717) is 5.56 Å². The van der Waals surface area contributed by atoms with Gasteiger partial charge in [0.05, 0.1) is 5.60 Å². The predicted octanol–water partition coefficient (Wildman–Crippen LogP) is 2.77. The van der Waals surface area contributed by atoms with Crippen LogP contribution in [0.1, 0.15) is 19.4 Å². The van der Waals surface area contributed by atoms with Crippen LogP contribution >= 0.6 is 0 Å². The number of rotatable bonds is 1. The summed E-state index contributed by atoms with van der Waals surface area (Å²) in [5, 5.41) is 21.6. The maximum atomic E-state index is 10.0. The number of phenols is 1. The summed E-state index contributed by atoms with van der Waals surface area (Å²) >= 11 is 0. The Bertz CT molecular complexity index is 495. The van der Waals surface area contributed by atoms with Crippen molar-refractivity contribution in [1.29, 1.82) is 0 Å². The second kappa shape index (κ2) is 3.24. The van der Waals surface area contributed by atoms with E-state index >= 15 is 0 Å². The van der Waals surface area contributed by atoms with Gasteiger partial charge in [0.1, 0.15) is 5.75 Å². The summed E-state index contributed by atoms with van der Waals surface area (Å²) in [6.07, 6.45) is 0. The minimum atomic E-state index is -1.02. The van der Waals surface area contributed by atoms with Gasteiger partial charge in [-0.05, 0) is 19.2 Å². The highest BCUT2D eigenvalue weighted by molar-refractivity contribution is 5.89. The molecule has 2 N–H and O–H groups in total. The summed E-state index contributed by atoms with van der Waals surface area (Å²) in [5.41, 5.74) is -0.463. The molecule has 0 atom stereocenters. The van der Waals surface area contributed by atoms with Crippen LogP contribution in [0.5, 0.6) is 5.75 Å². The SMILES string of the molecule is CC(C)(O)c1ccc2ccccc2c1O. The summed E-state index contributed by atoms with van der Waals surface area (Å²) in [5.74, 6) is 0.167. The van der Waals surface area contributed by atoms with Crippen molar-refractivity contribution in [3.63, 3.8) is 0 Å². The van der Waals surface area contributed by atoms with Crippen molar-refractivity contribution in [3.8, 4) is 5.75 Å². The van der Waals surface area contributed by atoms with Gasteiger partial charge in [-0.3, -0.25) is 0 Å². The van der Waals surface area contributed by atoms with E-state index in [4.69, 9.17) is 0 Å². The lowest BCUT2D eigenvalue weighted by Crippen LogP contribution is -2.15. The molecular weight excluding hydrogens is 188 g/mol. The third kappa shape index (κ3) is 1.68. The van der Waals surface area contributed by atoms with Crippen LogP contribution in [0, 0.1) is 0 Å². The Kier molecular flexibility index (Phi) is 2.16.